The van der Waals surface area contributed by atoms with Crippen LogP contribution in [0.15, 0.2) is 0 Å². The molecule has 1 saturated heterocycles. The molecular weight excluding hydrogens is 176 g/mol. The van der Waals surface area contributed by atoms with Crippen LogP contribution in [-0.4, -0.2) is 45.7 Å². The molecule has 0 aromatic carbocycles. The second-order valence-electron chi connectivity index (χ2n) is 3.44. The summed E-state index contributed by atoms with van der Waals surface area (Å²) in [5, 5.41) is 27.5. The van der Waals surface area contributed by atoms with Gasteiger partial charge in [-0.1, -0.05) is 6.92 Å². The van der Waals surface area contributed by atoms with Crippen molar-refractivity contribution in [2.75, 3.05) is 0 Å². The van der Waals surface area contributed by atoms with Crippen molar-refractivity contribution >= 4 is 5.97 Å². The maximum Gasteiger partial charge on any atom is 0.333 e. The van der Waals surface area contributed by atoms with Crippen molar-refractivity contribution in [3.8, 4) is 0 Å². The molecule has 5 heteroatoms. The zero-order valence-corrected chi connectivity index (χ0v) is 7.54. The minimum atomic E-state index is -1.11. The van der Waals surface area contributed by atoms with Crippen LogP contribution < -0.4 is 0 Å². The molecule has 1 rings (SSSR count). The van der Waals surface area contributed by atoms with Crippen LogP contribution in [0.5, 0.6) is 0 Å². The Balaban J connectivity index is 2.76. The molecule has 0 saturated carbocycles. The van der Waals surface area contributed by atoms with Crippen LogP contribution in [0.25, 0.3) is 0 Å². The quantitative estimate of drug-likeness (QED) is 0.504. The summed E-state index contributed by atoms with van der Waals surface area (Å²) in [5.74, 6) is -1.70. The third kappa shape index (κ3) is 1.82. The van der Waals surface area contributed by atoms with Gasteiger partial charge in [0.1, 0.15) is 6.10 Å². The highest BCUT2D eigenvalue weighted by molar-refractivity contribution is 5.73. The van der Waals surface area contributed by atoms with Gasteiger partial charge in [-0.25, -0.2) is 4.79 Å². The van der Waals surface area contributed by atoms with Crippen LogP contribution in [0.2, 0.25) is 0 Å². The van der Waals surface area contributed by atoms with E-state index < -0.39 is 36.3 Å². The van der Waals surface area contributed by atoms with Gasteiger partial charge >= 0.3 is 5.97 Å². The molecule has 13 heavy (non-hydrogen) atoms. The average Bonchev–Trinajstić information content (AvgIpc) is 2.07. The number of ether oxygens (including phenoxy) is 1. The molecular formula is C8H14O5. The van der Waals surface area contributed by atoms with E-state index in [1.165, 1.54) is 6.92 Å². The third-order valence-electron chi connectivity index (χ3n) is 2.45. The van der Waals surface area contributed by atoms with Gasteiger partial charge in [0.05, 0.1) is 12.2 Å². The lowest BCUT2D eigenvalue weighted by atomic mass is 9.88. The Kier molecular flexibility index (Phi) is 2.90. The van der Waals surface area contributed by atoms with Gasteiger partial charge in [0.25, 0.3) is 0 Å². The van der Waals surface area contributed by atoms with Gasteiger partial charge in [-0.05, 0) is 6.92 Å². The molecule has 3 N–H and O–H groups in total. The second-order valence-corrected chi connectivity index (χ2v) is 3.44. The van der Waals surface area contributed by atoms with Crippen LogP contribution in [0, 0.1) is 5.92 Å². The maximum absolute atomic E-state index is 10.6. The number of aliphatic hydroxyl groups is 2. The number of carboxylic acids is 1. The number of carboxylic acid groups (broad SMARTS) is 1. The fourth-order valence-corrected chi connectivity index (χ4v) is 1.49. The van der Waals surface area contributed by atoms with Gasteiger partial charge in [0.15, 0.2) is 6.10 Å². The Labute approximate surface area is 75.9 Å². The number of carbonyl (C=O) groups is 1. The predicted octanol–water partition coefficient (Wildman–Crippen LogP) is -0.784. The highest BCUT2D eigenvalue weighted by atomic mass is 16.5. The van der Waals surface area contributed by atoms with E-state index in [0.29, 0.717) is 0 Å². The van der Waals surface area contributed by atoms with Crippen LogP contribution in [0.3, 0.4) is 0 Å². The largest absolute Gasteiger partial charge is 0.479 e. The lowest BCUT2D eigenvalue weighted by Gasteiger charge is -2.38. The number of aliphatic carboxylic acids is 1. The van der Waals surface area contributed by atoms with Crippen molar-refractivity contribution in [1.29, 1.82) is 0 Å². The average molecular weight is 190 g/mol. The molecule has 5 atom stereocenters. The van der Waals surface area contributed by atoms with Gasteiger partial charge in [0, 0.05) is 5.92 Å². The van der Waals surface area contributed by atoms with Crippen molar-refractivity contribution in [3.63, 3.8) is 0 Å². The molecule has 0 aliphatic carbocycles. The first kappa shape index (κ1) is 10.4. The Morgan fingerprint density at radius 2 is 1.77 bits per heavy atom. The lowest BCUT2D eigenvalue weighted by Crippen LogP contribution is -2.54. The first-order valence-corrected chi connectivity index (χ1v) is 4.19. The summed E-state index contributed by atoms with van der Waals surface area (Å²) in [6, 6.07) is 0. The summed E-state index contributed by atoms with van der Waals surface area (Å²) in [7, 11) is 0. The summed E-state index contributed by atoms with van der Waals surface area (Å²) < 4.78 is 5.03. The van der Waals surface area contributed by atoms with Crippen molar-refractivity contribution < 1.29 is 24.9 Å². The summed E-state index contributed by atoms with van der Waals surface area (Å²) >= 11 is 0. The van der Waals surface area contributed by atoms with E-state index in [4.69, 9.17) is 9.84 Å². The molecule has 2 unspecified atom stereocenters. The van der Waals surface area contributed by atoms with Gasteiger partial charge in [0.2, 0.25) is 0 Å². The van der Waals surface area contributed by atoms with E-state index in [1.54, 1.807) is 6.92 Å². The lowest BCUT2D eigenvalue weighted by molar-refractivity contribution is -0.204. The van der Waals surface area contributed by atoms with Crippen molar-refractivity contribution in [1.82, 2.24) is 0 Å². The highest BCUT2D eigenvalue weighted by Crippen LogP contribution is 2.25. The van der Waals surface area contributed by atoms with Crippen LogP contribution in [0.4, 0.5) is 0 Å². The smallest absolute Gasteiger partial charge is 0.333 e. The number of hydrogen-bond donors (Lipinski definition) is 3. The SMILES string of the molecule is C[C@H]1OC(C(=O)O)[C@H](C)[C@H](O)C1O. The van der Waals surface area contributed by atoms with E-state index in [-0.39, 0.29) is 0 Å². The van der Waals surface area contributed by atoms with Gasteiger partial charge in [-0.2, -0.15) is 0 Å². The van der Waals surface area contributed by atoms with Crippen molar-refractivity contribution in [2.45, 2.75) is 38.3 Å². The summed E-state index contributed by atoms with van der Waals surface area (Å²) in [6.07, 6.45) is -3.73. The first-order valence-electron chi connectivity index (χ1n) is 4.19. The molecule has 0 amide bonds. The molecule has 0 bridgehead atoms. The minimum absolute atomic E-state index is 0.594. The molecule has 1 aliphatic heterocycles. The van der Waals surface area contributed by atoms with Gasteiger partial charge in [-0.15, -0.1) is 0 Å². The van der Waals surface area contributed by atoms with Crippen LogP contribution in [-0.2, 0) is 9.53 Å². The molecule has 76 valence electrons. The van der Waals surface area contributed by atoms with Gasteiger partial charge < -0.3 is 20.1 Å². The minimum Gasteiger partial charge on any atom is -0.479 e. The Morgan fingerprint density at radius 1 is 1.23 bits per heavy atom. The monoisotopic (exact) mass is 190 g/mol. The third-order valence-corrected chi connectivity index (χ3v) is 2.45. The normalized spacial score (nSPS) is 46.0. The summed E-state index contributed by atoms with van der Waals surface area (Å²) in [6.45, 7) is 3.08. The van der Waals surface area contributed by atoms with E-state index in [1.807, 2.05) is 0 Å². The van der Waals surface area contributed by atoms with Gasteiger partial charge in [-0.3, -0.25) is 0 Å². The molecule has 1 aliphatic rings. The fourth-order valence-electron chi connectivity index (χ4n) is 1.49. The van der Waals surface area contributed by atoms with E-state index in [2.05, 4.69) is 0 Å². The number of rotatable bonds is 1. The fraction of sp³-hybridized carbons (Fsp3) is 0.875. The molecule has 0 spiro atoms. The zero-order chi connectivity index (χ0) is 10.2. The van der Waals surface area contributed by atoms with E-state index in [0.717, 1.165) is 0 Å². The Bertz CT molecular complexity index is 205. The van der Waals surface area contributed by atoms with Crippen molar-refractivity contribution in [2.24, 2.45) is 5.92 Å². The molecule has 0 aromatic rings. The first-order chi connectivity index (χ1) is 5.95. The van der Waals surface area contributed by atoms with Crippen LogP contribution >= 0.6 is 0 Å². The van der Waals surface area contributed by atoms with Crippen molar-refractivity contribution in [3.05, 3.63) is 0 Å². The van der Waals surface area contributed by atoms with E-state index in [9.17, 15) is 15.0 Å². The zero-order valence-electron chi connectivity index (χ0n) is 7.54. The predicted molar refractivity (Wildman–Crippen MR) is 43.1 cm³/mol. The number of hydrogen-bond acceptors (Lipinski definition) is 4. The molecule has 5 nitrogen and oxygen atoms in total. The van der Waals surface area contributed by atoms with Crippen LogP contribution in [0.1, 0.15) is 13.8 Å². The van der Waals surface area contributed by atoms with E-state index >= 15 is 0 Å². The Morgan fingerprint density at radius 3 is 2.23 bits per heavy atom. The highest BCUT2D eigenvalue weighted by Gasteiger charge is 2.43. The molecule has 1 heterocycles. The molecule has 0 radical (unpaired) electrons. The Hall–Kier alpha value is -0.650. The standard InChI is InChI=1S/C8H14O5/c1-3-5(9)6(10)4(2)13-7(3)8(11)12/h3-7,9-10H,1-2H3,(H,11,12)/t3-,4-,5+,6?,7?/m1/s1. The second kappa shape index (κ2) is 3.61. The summed E-state index contributed by atoms with van der Waals surface area (Å²) in [5.41, 5.74) is 0. The summed E-state index contributed by atoms with van der Waals surface area (Å²) in [4.78, 5) is 10.6. The molecule has 0 aromatic heterocycles. The molecule has 1 fully saturated rings. The topological polar surface area (TPSA) is 87.0 Å². The maximum atomic E-state index is 10.6. The number of aliphatic hydroxyl groups excluding tert-OH is 2.